The number of nitrogens with one attached hydrogen (secondary N) is 1. The van der Waals surface area contributed by atoms with E-state index in [1.54, 1.807) is 6.20 Å². The van der Waals surface area contributed by atoms with Crippen LogP contribution >= 0.6 is 23.4 Å². The van der Waals surface area contributed by atoms with Crippen LogP contribution in [0, 0.1) is 6.92 Å². The fourth-order valence-corrected chi connectivity index (χ4v) is 2.53. The van der Waals surface area contributed by atoms with E-state index in [-0.39, 0.29) is 0 Å². The Morgan fingerprint density at radius 2 is 2.11 bits per heavy atom. The van der Waals surface area contributed by atoms with Gasteiger partial charge in [0.1, 0.15) is 5.03 Å². The van der Waals surface area contributed by atoms with Gasteiger partial charge in [-0.05, 0) is 48.5 Å². The molecule has 1 aromatic carbocycles. The molecule has 3 aromatic rings. The number of aromatic amines is 1. The van der Waals surface area contributed by atoms with Crippen LogP contribution in [0.2, 0.25) is 5.02 Å². The summed E-state index contributed by atoms with van der Waals surface area (Å²) in [5.74, 6) is 0. The Labute approximate surface area is 114 Å². The maximum atomic E-state index is 5.80. The quantitative estimate of drug-likeness (QED) is 0.766. The molecule has 0 amide bonds. The normalized spacial score (nSPS) is 11.0. The number of nitrogens with zero attached hydrogens (tertiary/aromatic N) is 2. The molecule has 0 radical (unpaired) electrons. The van der Waals surface area contributed by atoms with E-state index >= 15 is 0 Å². The van der Waals surface area contributed by atoms with E-state index in [4.69, 9.17) is 11.6 Å². The molecule has 0 saturated heterocycles. The highest BCUT2D eigenvalue weighted by molar-refractivity contribution is 7.99. The van der Waals surface area contributed by atoms with Crippen molar-refractivity contribution in [3.63, 3.8) is 0 Å². The van der Waals surface area contributed by atoms with E-state index < -0.39 is 0 Å². The Bertz CT molecular complexity index is 691. The van der Waals surface area contributed by atoms with Crippen molar-refractivity contribution in [3.8, 4) is 0 Å². The smallest absolute Gasteiger partial charge is 0.172 e. The van der Waals surface area contributed by atoms with E-state index in [2.05, 4.69) is 34.0 Å². The van der Waals surface area contributed by atoms with Crippen molar-refractivity contribution in [2.45, 2.75) is 17.1 Å². The van der Waals surface area contributed by atoms with Crippen molar-refractivity contribution in [2.24, 2.45) is 0 Å². The van der Waals surface area contributed by atoms with Crippen molar-refractivity contribution in [1.29, 1.82) is 0 Å². The number of halogens is 1. The second kappa shape index (κ2) is 4.63. The summed E-state index contributed by atoms with van der Waals surface area (Å²) >= 11 is 7.29. The summed E-state index contributed by atoms with van der Waals surface area (Å²) in [7, 11) is 0. The molecule has 0 saturated carbocycles. The zero-order valence-electron chi connectivity index (χ0n) is 9.64. The van der Waals surface area contributed by atoms with Gasteiger partial charge in [-0.2, -0.15) is 0 Å². The van der Waals surface area contributed by atoms with Crippen LogP contribution in [0.3, 0.4) is 0 Å². The first-order valence-electron chi connectivity index (χ1n) is 5.46. The molecule has 2 aromatic heterocycles. The molecule has 0 spiro atoms. The van der Waals surface area contributed by atoms with Gasteiger partial charge < -0.3 is 4.98 Å². The van der Waals surface area contributed by atoms with Crippen molar-refractivity contribution in [1.82, 2.24) is 15.0 Å². The van der Waals surface area contributed by atoms with E-state index in [1.165, 1.54) is 17.3 Å². The zero-order chi connectivity index (χ0) is 12.5. The summed E-state index contributed by atoms with van der Waals surface area (Å²) in [5.41, 5.74) is 3.23. The first-order chi connectivity index (χ1) is 8.70. The molecule has 3 rings (SSSR count). The monoisotopic (exact) mass is 275 g/mol. The molecule has 1 N–H and O–H groups in total. The average Bonchev–Trinajstić information content (AvgIpc) is 2.73. The molecule has 5 heteroatoms. The summed E-state index contributed by atoms with van der Waals surface area (Å²) in [5, 5.41) is 2.35. The van der Waals surface area contributed by atoms with Crippen molar-refractivity contribution in [3.05, 3.63) is 47.1 Å². The Morgan fingerprint density at radius 1 is 1.22 bits per heavy atom. The third-order valence-electron chi connectivity index (χ3n) is 2.52. The Kier molecular flexibility index (Phi) is 2.97. The first-order valence-corrected chi connectivity index (χ1v) is 6.66. The number of imidazole rings is 1. The lowest BCUT2D eigenvalue weighted by molar-refractivity contribution is 1.06. The van der Waals surface area contributed by atoms with Gasteiger partial charge in [-0.1, -0.05) is 17.7 Å². The summed E-state index contributed by atoms with van der Waals surface area (Å²) in [6.07, 6.45) is 1.64. The van der Waals surface area contributed by atoms with Gasteiger partial charge in [-0.3, -0.25) is 0 Å². The van der Waals surface area contributed by atoms with Crippen LogP contribution in [-0.2, 0) is 0 Å². The number of hydrogen-bond donors (Lipinski definition) is 1. The maximum absolute atomic E-state index is 5.80. The highest BCUT2D eigenvalue weighted by Crippen LogP contribution is 2.26. The third kappa shape index (κ3) is 2.35. The first kappa shape index (κ1) is 11.6. The van der Waals surface area contributed by atoms with Crippen LogP contribution in [0.15, 0.2) is 46.7 Å². The largest absolute Gasteiger partial charge is 0.333 e. The molecule has 0 unspecified atom stereocenters. The number of fused-ring (bicyclic) bond motifs is 1. The Hall–Kier alpha value is -1.52. The highest BCUT2D eigenvalue weighted by atomic mass is 35.5. The van der Waals surface area contributed by atoms with Gasteiger partial charge in [0.05, 0.1) is 16.1 Å². The molecule has 18 heavy (non-hydrogen) atoms. The van der Waals surface area contributed by atoms with Crippen LogP contribution in [0.4, 0.5) is 0 Å². The topological polar surface area (TPSA) is 41.6 Å². The zero-order valence-corrected chi connectivity index (χ0v) is 11.2. The number of aryl methyl sites for hydroxylation is 1. The van der Waals surface area contributed by atoms with Gasteiger partial charge in [0, 0.05) is 6.20 Å². The second-order valence-corrected chi connectivity index (χ2v) is 5.42. The van der Waals surface area contributed by atoms with Gasteiger partial charge in [-0.25, -0.2) is 9.97 Å². The van der Waals surface area contributed by atoms with Crippen LogP contribution in [-0.4, -0.2) is 15.0 Å². The maximum Gasteiger partial charge on any atom is 0.172 e. The number of H-pyrrole nitrogens is 1. The minimum Gasteiger partial charge on any atom is -0.333 e. The SMILES string of the molecule is Cc1ccc2nc(Sc3ccc(Cl)cn3)[nH]c2c1. The van der Waals surface area contributed by atoms with Gasteiger partial charge in [0.15, 0.2) is 5.16 Å². The molecular weight excluding hydrogens is 266 g/mol. The van der Waals surface area contributed by atoms with E-state index in [0.717, 1.165) is 21.2 Å². The summed E-state index contributed by atoms with van der Waals surface area (Å²) in [4.78, 5) is 12.0. The molecule has 0 aliphatic carbocycles. The van der Waals surface area contributed by atoms with Crippen molar-refractivity contribution < 1.29 is 0 Å². The lowest BCUT2D eigenvalue weighted by Crippen LogP contribution is -1.80. The molecule has 0 fully saturated rings. The number of aromatic nitrogens is 3. The summed E-state index contributed by atoms with van der Waals surface area (Å²) in [6.45, 7) is 2.06. The molecule has 0 bridgehead atoms. The highest BCUT2D eigenvalue weighted by Gasteiger charge is 2.05. The number of hydrogen-bond acceptors (Lipinski definition) is 3. The number of rotatable bonds is 2. The van der Waals surface area contributed by atoms with Gasteiger partial charge >= 0.3 is 0 Å². The molecule has 2 heterocycles. The minimum absolute atomic E-state index is 0.639. The Balaban J connectivity index is 1.92. The lowest BCUT2D eigenvalue weighted by Gasteiger charge is -1.96. The lowest BCUT2D eigenvalue weighted by atomic mass is 10.2. The number of pyridine rings is 1. The van der Waals surface area contributed by atoms with Crippen LogP contribution in [0.25, 0.3) is 11.0 Å². The molecule has 3 nitrogen and oxygen atoms in total. The fourth-order valence-electron chi connectivity index (χ4n) is 1.67. The van der Waals surface area contributed by atoms with Crippen molar-refractivity contribution >= 4 is 34.4 Å². The van der Waals surface area contributed by atoms with Crippen LogP contribution < -0.4 is 0 Å². The van der Waals surface area contributed by atoms with E-state index in [1.807, 2.05) is 18.2 Å². The third-order valence-corrected chi connectivity index (χ3v) is 3.58. The molecule has 0 atom stereocenters. The summed E-state index contributed by atoms with van der Waals surface area (Å²) in [6, 6.07) is 9.86. The second-order valence-electron chi connectivity index (χ2n) is 3.98. The molecule has 0 aliphatic rings. The molecular formula is C13H10ClN3S. The molecule has 90 valence electrons. The standard InChI is InChI=1S/C13H10ClN3S/c1-8-2-4-10-11(6-8)17-13(16-10)18-12-5-3-9(14)7-15-12/h2-7H,1H3,(H,16,17). The van der Waals surface area contributed by atoms with Gasteiger partial charge in [0.25, 0.3) is 0 Å². The fraction of sp³-hybridized carbons (Fsp3) is 0.0769. The van der Waals surface area contributed by atoms with E-state index in [9.17, 15) is 0 Å². The molecule has 0 aliphatic heterocycles. The van der Waals surface area contributed by atoms with Crippen molar-refractivity contribution in [2.75, 3.05) is 0 Å². The average molecular weight is 276 g/mol. The predicted octanol–water partition coefficient (Wildman–Crippen LogP) is 4.07. The van der Waals surface area contributed by atoms with Crippen LogP contribution in [0.5, 0.6) is 0 Å². The summed E-state index contributed by atoms with van der Waals surface area (Å²) < 4.78 is 0. The predicted molar refractivity (Wildman–Crippen MR) is 74.2 cm³/mol. The van der Waals surface area contributed by atoms with E-state index in [0.29, 0.717) is 5.02 Å². The van der Waals surface area contributed by atoms with Gasteiger partial charge in [0.2, 0.25) is 0 Å². The Morgan fingerprint density at radius 3 is 2.89 bits per heavy atom. The number of benzene rings is 1. The van der Waals surface area contributed by atoms with Gasteiger partial charge in [-0.15, -0.1) is 0 Å². The minimum atomic E-state index is 0.639. The van der Waals surface area contributed by atoms with Crippen LogP contribution in [0.1, 0.15) is 5.56 Å².